The quantitative estimate of drug-likeness (QED) is 0.732. The maximum atomic E-state index is 12.7. The van der Waals surface area contributed by atoms with E-state index in [-0.39, 0.29) is 0 Å². The van der Waals surface area contributed by atoms with Crippen LogP contribution in [0.2, 0.25) is 0 Å². The van der Waals surface area contributed by atoms with Crippen molar-refractivity contribution in [1.29, 1.82) is 0 Å². The molecule has 0 aromatic heterocycles. The lowest BCUT2D eigenvalue weighted by molar-refractivity contribution is -0.129. The monoisotopic (exact) mass is 272 g/mol. The van der Waals surface area contributed by atoms with E-state index in [1.54, 1.807) is 5.57 Å². The molecule has 3 nitrogen and oxygen atoms in total. The number of allylic oxidation sites excluding steroid dienone is 3. The van der Waals surface area contributed by atoms with Gasteiger partial charge in [0.05, 0.1) is 0 Å². The van der Waals surface area contributed by atoms with Crippen molar-refractivity contribution >= 4 is 5.91 Å². The van der Waals surface area contributed by atoms with Gasteiger partial charge in [-0.3, -0.25) is 9.69 Å². The van der Waals surface area contributed by atoms with E-state index in [9.17, 15) is 4.79 Å². The second-order valence-corrected chi connectivity index (χ2v) is 6.77. The Labute approximate surface area is 121 Å². The second kappa shape index (κ2) is 5.03. The predicted molar refractivity (Wildman–Crippen MR) is 79.4 cm³/mol. The van der Waals surface area contributed by atoms with Crippen LogP contribution in [0, 0.1) is 0 Å². The van der Waals surface area contributed by atoms with E-state index in [1.807, 2.05) is 0 Å². The minimum absolute atomic E-state index is 0.325. The van der Waals surface area contributed by atoms with Gasteiger partial charge in [0.25, 0.3) is 0 Å². The molecule has 4 aliphatic rings. The molecule has 2 aliphatic carbocycles. The van der Waals surface area contributed by atoms with Crippen molar-refractivity contribution in [2.24, 2.45) is 0 Å². The standard InChI is InChI=1S/C17H24N2O/c20-17(15-10-13-4-1-2-5-14(13)11-15)19-9-8-18-7-3-6-16(18)12-19/h10,16H,1-9,11-12H2. The molecule has 2 saturated heterocycles. The van der Waals surface area contributed by atoms with Crippen molar-refractivity contribution < 1.29 is 4.79 Å². The highest BCUT2D eigenvalue weighted by atomic mass is 16.2. The van der Waals surface area contributed by atoms with Gasteiger partial charge >= 0.3 is 0 Å². The Hall–Kier alpha value is -1.09. The topological polar surface area (TPSA) is 23.6 Å². The number of piperazine rings is 1. The first-order valence-corrected chi connectivity index (χ1v) is 8.26. The molecule has 4 rings (SSSR count). The zero-order chi connectivity index (χ0) is 13.5. The fourth-order valence-electron chi connectivity index (χ4n) is 4.37. The maximum absolute atomic E-state index is 12.7. The van der Waals surface area contributed by atoms with Gasteiger partial charge in [-0.15, -0.1) is 0 Å². The summed E-state index contributed by atoms with van der Waals surface area (Å²) in [6, 6.07) is 0.636. The highest BCUT2D eigenvalue weighted by molar-refractivity contribution is 5.95. The Morgan fingerprint density at radius 3 is 2.90 bits per heavy atom. The van der Waals surface area contributed by atoms with Crippen LogP contribution in [-0.4, -0.2) is 47.9 Å². The van der Waals surface area contributed by atoms with E-state index in [4.69, 9.17) is 0 Å². The average molecular weight is 272 g/mol. The lowest BCUT2D eigenvalue weighted by atomic mass is 9.93. The lowest BCUT2D eigenvalue weighted by Gasteiger charge is -2.37. The number of rotatable bonds is 1. The minimum atomic E-state index is 0.325. The summed E-state index contributed by atoms with van der Waals surface area (Å²) in [6.07, 6.45) is 10.8. The molecule has 0 spiro atoms. The summed E-state index contributed by atoms with van der Waals surface area (Å²) in [5.74, 6) is 0.325. The number of carbonyl (C=O) groups is 1. The molecule has 20 heavy (non-hydrogen) atoms. The summed E-state index contributed by atoms with van der Waals surface area (Å²) in [6.45, 7) is 4.21. The molecule has 0 radical (unpaired) electrons. The summed E-state index contributed by atoms with van der Waals surface area (Å²) in [5.41, 5.74) is 4.11. The minimum Gasteiger partial charge on any atom is -0.336 e. The molecule has 3 heteroatoms. The first kappa shape index (κ1) is 12.6. The number of nitrogens with zero attached hydrogens (tertiary/aromatic N) is 2. The van der Waals surface area contributed by atoms with Crippen molar-refractivity contribution in [3.05, 3.63) is 22.8 Å². The van der Waals surface area contributed by atoms with Crippen molar-refractivity contribution in [1.82, 2.24) is 9.80 Å². The number of carbonyl (C=O) groups excluding carboxylic acids is 1. The van der Waals surface area contributed by atoms with Gasteiger partial charge in [-0.1, -0.05) is 11.6 Å². The number of fused-ring (bicyclic) bond motifs is 1. The molecule has 2 aliphatic heterocycles. The highest BCUT2D eigenvalue weighted by Crippen LogP contribution is 2.37. The average Bonchev–Trinajstić information content (AvgIpc) is 3.11. The van der Waals surface area contributed by atoms with Crippen LogP contribution in [0.15, 0.2) is 22.8 Å². The first-order chi connectivity index (χ1) is 9.81. The number of hydrogen-bond donors (Lipinski definition) is 0. The molecule has 0 saturated carbocycles. The summed E-state index contributed by atoms with van der Waals surface area (Å²) in [4.78, 5) is 17.4. The Balaban J connectivity index is 1.44. The van der Waals surface area contributed by atoms with Crippen LogP contribution in [0.5, 0.6) is 0 Å². The summed E-state index contributed by atoms with van der Waals surface area (Å²) < 4.78 is 0. The van der Waals surface area contributed by atoms with Crippen LogP contribution >= 0.6 is 0 Å². The second-order valence-electron chi connectivity index (χ2n) is 6.77. The fourth-order valence-corrected chi connectivity index (χ4v) is 4.37. The Bertz CT molecular complexity index is 491. The third-order valence-electron chi connectivity index (χ3n) is 5.53. The molecule has 2 fully saturated rings. The van der Waals surface area contributed by atoms with Gasteiger partial charge in [0.15, 0.2) is 0 Å². The Morgan fingerprint density at radius 1 is 1.10 bits per heavy atom. The zero-order valence-electron chi connectivity index (χ0n) is 12.2. The molecule has 2 heterocycles. The van der Waals surface area contributed by atoms with Crippen LogP contribution in [-0.2, 0) is 4.79 Å². The van der Waals surface area contributed by atoms with Gasteiger partial charge in [-0.25, -0.2) is 0 Å². The molecule has 1 atom stereocenters. The SMILES string of the molecule is O=C(C1=CC2=C(CCCC2)C1)N1CCN2CCCC2C1. The van der Waals surface area contributed by atoms with E-state index in [0.29, 0.717) is 11.9 Å². The third-order valence-corrected chi connectivity index (χ3v) is 5.53. The summed E-state index contributed by atoms with van der Waals surface area (Å²) in [5, 5.41) is 0. The highest BCUT2D eigenvalue weighted by Gasteiger charge is 2.34. The largest absolute Gasteiger partial charge is 0.336 e. The molecule has 0 bridgehead atoms. The fraction of sp³-hybridized carbons (Fsp3) is 0.706. The predicted octanol–water partition coefficient (Wildman–Crippen LogP) is 2.49. The molecule has 1 unspecified atom stereocenters. The number of hydrogen-bond acceptors (Lipinski definition) is 2. The van der Waals surface area contributed by atoms with Crippen LogP contribution in [0.3, 0.4) is 0 Å². The van der Waals surface area contributed by atoms with Crippen molar-refractivity contribution in [2.75, 3.05) is 26.2 Å². The molecular formula is C17H24N2O. The van der Waals surface area contributed by atoms with Crippen LogP contribution in [0.4, 0.5) is 0 Å². The molecule has 0 aromatic rings. The molecule has 1 amide bonds. The van der Waals surface area contributed by atoms with Gasteiger partial charge in [0.2, 0.25) is 5.91 Å². The summed E-state index contributed by atoms with van der Waals surface area (Å²) >= 11 is 0. The van der Waals surface area contributed by atoms with Crippen LogP contribution in [0.1, 0.15) is 44.9 Å². The van der Waals surface area contributed by atoms with Crippen molar-refractivity contribution in [3.8, 4) is 0 Å². The van der Waals surface area contributed by atoms with Crippen molar-refractivity contribution in [2.45, 2.75) is 51.0 Å². The molecule has 0 N–H and O–H groups in total. The van der Waals surface area contributed by atoms with Gasteiger partial charge in [-0.2, -0.15) is 0 Å². The summed E-state index contributed by atoms with van der Waals surface area (Å²) in [7, 11) is 0. The Morgan fingerprint density at radius 2 is 2.00 bits per heavy atom. The van der Waals surface area contributed by atoms with E-state index in [0.717, 1.165) is 31.6 Å². The molecular weight excluding hydrogens is 248 g/mol. The lowest BCUT2D eigenvalue weighted by Crippen LogP contribution is -2.52. The van der Waals surface area contributed by atoms with Gasteiger partial charge in [0, 0.05) is 31.2 Å². The van der Waals surface area contributed by atoms with Gasteiger partial charge in [-0.05, 0) is 57.1 Å². The Kier molecular flexibility index (Phi) is 3.18. The first-order valence-electron chi connectivity index (χ1n) is 8.26. The number of amides is 1. The zero-order valence-corrected chi connectivity index (χ0v) is 12.2. The van der Waals surface area contributed by atoms with E-state index >= 15 is 0 Å². The van der Waals surface area contributed by atoms with E-state index < -0.39 is 0 Å². The van der Waals surface area contributed by atoms with Gasteiger partial charge < -0.3 is 4.90 Å². The van der Waals surface area contributed by atoms with E-state index in [1.165, 1.54) is 50.6 Å². The smallest absolute Gasteiger partial charge is 0.250 e. The maximum Gasteiger partial charge on any atom is 0.250 e. The van der Waals surface area contributed by atoms with Crippen LogP contribution in [0.25, 0.3) is 0 Å². The normalized spacial score (nSPS) is 30.3. The third kappa shape index (κ3) is 2.12. The van der Waals surface area contributed by atoms with E-state index in [2.05, 4.69) is 15.9 Å². The van der Waals surface area contributed by atoms with Crippen LogP contribution < -0.4 is 0 Å². The van der Waals surface area contributed by atoms with Crippen molar-refractivity contribution in [3.63, 3.8) is 0 Å². The molecule has 0 aromatic carbocycles. The molecule has 108 valence electrons. The van der Waals surface area contributed by atoms with Gasteiger partial charge in [0.1, 0.15) is 0 Å².